The fourth-order valence-corrected chi connectivity index (χ4v) is 1.88. The zero-order valence-electron chi connectivity index (χ0n) is 12.3. The van der Waals surface area contributed by atoms with Gasteiger partial charge in [-0.05, 0) is 24.6 Å². The number of dihydropyridines is 1. The van der Waals surface area contributed by atoms with Gasteiger partial charge < -0.3 is 5.11 Å². The molecule has 3 rings (SSSR count). The molecule has 0 spiro atoms. The molecule has 24 heavy (non-hydrogen) atoms. The van der Waals surface area contributed by atoms with Crippen molar-refractivity contribution in [2.24, 2.45) is 4.99 Å². The number of hydrogen-bond donors (Lipinski definition) is 1. The first-order chi connectivity index (χ1) is 11.1. The summed E-state index contributed by atoms with van der Waals surface area (Å²) in [5, 5.41) is 8.32. The van der Waals surface area contributed by atoms with Crippen LogP contribution in [0.15, 0.2) is 53.7 Å². The second kappa shape index (κ2) is 9.80. The number of halogens is 2. The maximum atomic E-state index is 13.3. The van der Waals surface area contributed by atoms with E-state index < -0.39 is 17.6 Å². The molecule has 1 aromatic heterocycles. The first kappa shape index (κ1) is 19.8. The molecule has 0 aliphatic carbocycles. The van der Waals surface area contributed by atoms with Crippen molar-refractivity contribution < 1.29 is 38.8 Å². The summed E-state index contributed by atoms with van der Waals surface area (Å²) in [7, 11) is 0. The second-order valence-corrected chi connectivity index (χ2v) is 4.58. The molecule has 2 aromatic rings. The summed E-state index contributed by atoms with van der Waals surface area (Å²) in [4.78, 5) is 17.8. The van der Waals surface area contributed by atoms with Crippen molar-refractivity contribution >= 4 is 12.2 Å². The van der Waals surface area contributed by atoms with Crippen LogP contribution < -0.4 is 0 Å². The SMILES string of the molecule is Fc1c[c-]c(C2CC=CC=N2)c(F)c1.O=C(O)c1ccccn1.[Ir]. The van der Waals surface area contributed by atoms with Crippen LogP contribution in [0.3, 0.4) is 0 Å². The summed E-state index contributed by atoms with van der Waals surface area (Å²) < 4.78 is 25.9. The van der Waals surface area contributed by atoms with Crippen molar-refractivity contribution in [2.75, 3.05) is 0 Å². The van der Waals surface area contributed by atoms with Gasteiger partial charge in [-0.3, -0.25) is 13.8 Å². The molecule has 7 heteroatoms. The van der Waals surface area contributed by atoms with E-state index in [4.69, 9.17) is 5.11 Å². The normalized spacial score (nSPS) is 15.0. The molecule has 0 amide bonds. The van der Waals surface area contributed by atoms with Crippen LogP contribution in [0.1, 0.15) is 28.5 Å². The number of carboxylic acids is 1. The van der Waals surface area contributed by atoms with Crippen molar-refractivity contribution in [3.8, 4) is 0 Å². The molecule has 1 radical (unpaired) electrons. The van der Waals surface area contributed by atoms with Crippen molar-refractivity contribution in [1.29, 1.82) is 0 Å². The van der Waals surface area contributed by atoms with Crippen molar-refractivity contribution in [1.82, 2.24) is 4.98 Å². The number of nitrogens with zero attached hydrogens (tertiary/aromatic N) is 2. The first-order valence-electron chi connectivity index (χ1n) is 6.77. The maximum absolute atomic E-state index is 13.3. The van der Waals surface area contributed by atoms with E-state index in [1.54, 1.807) is 24.4 Å². The fraction of sp³-hybridized carbons (Fsp3) is 0.118. The summed E-state index contributed by atoms with van der Waals surface area (Å²) in [5.74, 6) is -2.18. The average Bonchev–Trinajstić information content (AvgIpc) is 2.57. The first-order valence-corrected chi connectivity index (χ1v) is 6.77. The van der Waals surface area contributed by atoms with Crippen molar-refractivity contribution in [3.63, 3.8) is 0 Å². The minimum Gasteiger partial charge on any atom is -0.477 e. The summed E-state index contributed by atoms with van der Waals surface area (Å²) >= 11 is 0. The molecule has 127 valence electrons. The van der Waals surface area contributed by atoms with Crippen molar-refractivity contribution in [3.05, 3.63) is 77.6 Å². The molecule has 1 aliphatic rings. The Morgan fingerprint density at radius 1 is 1.33 bits per heavy atom. The Balaban J connectivity index is 0.000000252. The summed E-state index contributed by atoms with van der Waals surface area (Å²) in [6.45, 7) is 0. The molecule has 0 fully saturated rings. The van der Waals surface area contributed by atoms with Crippen LogP contribution in [-0.2, 0) is 20.1 Å². The van der Waals surface area contributed by atoms with Crippen LogP contribution in [0.5, 0.6) is 0 Å². The number of pyridine rings is 1. The van der Waals surface area contributed by atoms with Crippen LogP contribution in [0.2, 0.25) is 0 Å². The summed E-state index contributed by atoms with van der Waals surface area (Å²) in [5.41, 5.74) is 0.407. The monoisotopic (exact) mass is 508 g/mol. The van der Waals surface area contributed by atoms with Gasteiger partial charge in [0.25, 0.3) is 0 Å². The standard InChI is InChI=1S/C11H8F2N.C6H5NO2.Ir/c12-8-4-5-9(10(13)7-8)11-3-1-2-6-14-11;8-6(9)5-3-1-2-4-7-5;/h1-2,4,6-7,11H,3H2;1-4H,(H,8,9);/q-1;;. The molecule has 2 heterocycles. The minimum absolute atomic E-state index is 0. The van der Waals surface area contributed by atoms with E-state index in [1.165, 1.54) is 12.3 Å². The Hall–Kier alpha value is -2.24. The number of carboxylic acid groups (broad SMARTS) is 1. The van der Waals surface area contributed by atoms with Gasteiger partial charge in [0.15, 0.2) is 0 Å². The van der Waals surface area contributed by atoms with E-state index >= 15 is 0 Å². The van der Waals surface area contributed by atoms with Crippen LogP contribution in [0.25, 0.3) is 0 Å². The molecule has 4 nitrogen and oxygen atoms in total. The number of aromatic nitrogens is 1. The van der Waals surface area contributed by atoms with Gasteiger partial charge in [0.2, 0.25) is 0 Å². The molecule has 1 aliphatic heterocycles. The zero-order chi connectivity index (χ0) is 16.7. The number of benzene rings is 1. The van der Waals surface area contributed by atoms with Gasteiger partial charge in [0.05, 0.1) is 6.04 Å². The number of rotatable bonds is 2. The number of hydrogen-bond acceptors (Lipinski definition) is 3. The Bertz CT molecular complexity index is 737. The zero-order valence-corrected chi connectivity index (χ0v) is 14.7. The molecular weight excluding hydrogens is 494 g/mol. The van der Waals surface area contributed by atoms with Gasteiger partial charge in [-0.2, -0.15) is 6.07 Å². The van der Waals surface area contributed by atoms with Crippen LogP contribution >= 0.6 is 0 Å². The van der Waals surface area contributed by atoms with E-state index in [2.05, 4.69) is 16.0 Å². The third-order valence-corrected chi connectivity index (χ3v) is 2.95. The Kier molecular flexibility index (Phi) is 8.09. The van der Waals surface area contributed by atoms with E-state index in [1.807, 2.05) is 6.08 Å². The largest absolute Gasteiger partial charge is 0.477 e. The Labute approximate surface area is 151 Å². The number of carbonyl (C=O) groups is 1. The molecule has 1 atom stereocenters. The third kappa shape index (κ3) is 5.76. The molecule has 0 bridgehead atoms. The predicted molar refractivity (Wildman–Crippen MR) is 81.4 cm³/mol. The topological polar surface area (TPSA) is 62.5 Å². The van der Waals surface area contributed by atoms with E-state index in [9.17, 15) is 13.6 Å². The predicted octanol–water partition coefficient (Wildman–Crippen LogP) is 3.61. The van der Waals surface area contributed by atoms with Gasteiger partial charge in [0, 0.05) is 44.2 Å². The maximum Gasteiger partial charge on any atom is 0.354 e. The average molecular weight is 508 g/mol. The Morgan fingerprint density at radius 2 is 2.12 bits per heavy atom. The van der Waals surface area contributed by atoms with Gasteiger partial charge in [-0.1, -0.05) is 12.1 Å². The van der Waals surface area contributed by atoms with Gasteiger partial charge in [-0.15, -0.1) is 17.7 Å². The minimum atomic E-state index is -0.990. The molecule has 1 N–H and O–H groups in total. The van der Waals surface area contributed by atoms with E-state index in [0.717, 1.165) is 12.1 Å². The number of aromatic carboxylic acids is 1. The van der Waals surface area contributed by atoms with Gasteiger partial charge in [-0.25, -0.2) is 9.78 Å². The molecule has 1 aromatic carbocycles. The number of allylic oxidation sites excluding steroid dienone is 1. The molecule has 1 unspecified atom stereocenters. The van der Waals surface area contributed by atoms with Gasteiger partial charge in [0.1, 0.15) is 5.69 Å². The van der Waals surface area contributed by atoms with E-state index in [0.29, 0.717) is 12.0 Å². The van der Waals surface area contributed by atoms with E-state index in [-0.39, 0.29) is 31.8 Å². The van der Waals surface area contributed by atoms with Crippen molar-refractivity contribution in [2.45, 2.75) is 12.5 Å². The third-order valence-electron chi connectivity index (χ3n) is 2.95. The molecular formula is C17H13F2IrN2O2-. The second-order valence-electron chi connectivity index (χ2n) is 4.58. The number of aliphatic imine (C=N–C) groups is 1. The smallest absolute Gasteiger partial charge is 0.354 e. The van der Waals surface area contributed by atoms with Crippen LogP contribution in [0, 0.1) is 17.7 Å². The molecule has 0 saturated carbocycles. The Morgan fingerprint density at radius 3 is 2.62 bits per heavy atom. The fourth-order valence-electron chi connectivity index (χ4n) is 1.88. The summed E-state index contributed by atoms with van der Waals surface area (Å²) in [6, 6.07) is 9.06. The quantitative estimate of drug-likeness (QED) is 0.632. The molecule has 0 saturated heterocycles. The van der Waals surface area contributed by atoms with Crippen LogP contribution in [-0.4, -0.2) is 22.3 Å². The van der Waals surface area contributed by atoms with Gasteiger partial charge >= 0.3 is 5.97 Å². The summed E-state index contributed by atoms with van der Waals surface area (Å²) in [6.07, 6.45) is 7.40. The van der Waals surface area contributed by atoms with Crippen LogP contribution in [0.4, 0.5) is 8.78 Å².